The van der Waals surface area contributed by atoms with Crippen LogP contribution in [0.4, 0.5) is 0 Å². The molecular weight excluding hydrogens is 192 g/mol. The van der Waals surface area contributed by atoms with Crippen LogP contribution in [-0.4, -0.2) is 42.6 Å². The first kappa shape index (κ1) is 12.4. The maximum Gasteiger partial charge on any atom is 0.341 e. The molecule has 0 fully saturated rings. The van der Waals surface area contributed by atoms with E-state index in [0.29, 0.717) is 0 Å². The molecule has 1 amide bonds. The minimum Gasteiger partial charge on any atom is -0.479 e. The van der Waals surface area contributed by atoms with Gasteiger partial charge < -0.3 is 20.9 Å². The first-order valence-corrected chi connectivity index (χ1v) is 3.90. The highest BCUT2D eigenvalue weighted by Gasteiger charge is 2.06. The van der Waals surface area contributed by atoms with Gasteiger partial charge in [-0.2, -0.15) is 0 Å². The molecule has 0 bridgehead atoms. The molecule has 0 saturated heterocycles. The van der Waals surface area contributed by atoms with Gasteiger partial charge in [0, 0.05) is 6.54 Å². The minimum atomic E-state index is -1.22. The van der Waals surface area contributed by atoms with Crippen molar-refractivity contribution in [3.8, 4) is 0 Å². The van der Waals surface area contributed by atoms with Crippen LogP contribution in [0.3, 0.4) is 0 Å². The molecule has 80 valence electrons. The topological polar surface area (TPSA) is 119 Å². The zero-order valence-electron chi connectivity index (χ0n) is 7.49. The summed E-state index contributed by atoms with van der Waals surface area (Å²) < 4.78 is 4.30. The van der Waals surface area contributed by atoms with E-state index in [4.69, 9.17) is 10.8 Å². The van der Waals surface area contributed by atoms with E-state index in [2.05, 4.69) is 10.1 Å². The van der Waals surface area contributed by atoms with E-state index < -0.39 is 18.5 Å². The van der Waals surface area contributed by atoms with Gasteiger partial charge >= 0.3 is 11.9 Å². The van der Waals surface area contributed by atoms with E-state index in [9.17, 15) is 14.4 Å². The van der Waals surface area contributed by atoms with Gasteiger partial charge in [0.25, 0.3) is 0 Å². The minimum absolute atomic E-state index is 0.0704. The molecule has 0 aliphatic rings. The number of hydrogen-bond acceptors (Lipinski definition) is 5. The average Bonchev–Trinajstić information content (AvgIpc) is 2.14. The molecule has 0 spiro atoms. The van der Waals surface area contributed by atoms with Crippen molar-refractivity contribution in [2.24, 2.45) is 5.73 Å². The van der Waals surface area contributed by atoms with Crippen LogP contribution in [0.2, 0.25) is 0 Å². The number of nitrogens with two attached hydrogens (primary N) is 1. The van der Waals surface area contributed by atoms with Crippen molar-refractivity contribution in [3.05, 3.63) is 0 Å². The maximum absolute atomic E-state index is 10.7. The van der Waals surface area contributed by atoms with E-state index in [1.54, 1.807) is 0 Å². The number of aliphatic carboxylic acids is 1. The highest BCUT2D eigenvalue weighted by molar-refractivity contribution is 5.79. The van der Waals surface area contributed by atoms with Gasteiger partial charge in [0.1, 0.15) is 0 Å². The van der Waals surface area contributed by atoms with Crippen LogP contribution >= 0.6 is 0 Å². The number of nitrogens with one attached hydrogen (secondary N) is 1. The van der Waals surface area contributed by atoms with E-state index in [1.165, 1.54) is 0 Å². The number of hydrogen-bond donors (Lipinski definition) is 3. The van der Waals surface area contributed by atoms with E-state index in [1.807, 2.05) is 0 Å². The van der Waals surface area contributed by atoms with Crippen LogP contribution in [0.25, 0.3) is 0 Å². The smallest absolute Gasteiger partial charge is 0.341 e. The van der Waals surface area contributed by atoms with Crippen LogP contribution in [0.15, 0.2) is 0 Å². The Morgan fingerprint density at radius 3 is 2.50 bits per heavy atom. The molecule has 0 radical (unpaired) electrons. The molecule has 0 rings (SSSR count). The number of ether oxygens (including phenoxy) is 1. The van der Waals surface area contributed by atoms with E-state index >= 15 is 0 Å². The molecular formula is C7H12N2O5. The van der Waals surface area contributed by atoms with Crippen molar-refractivity contribution in [1.29, 1.82) is 0 Å². The number of carboxylic acid groups (broad SMARTS) is 1. The van der Waals surface area contributed by atoms with Gasteiger partial charge in [0.05, 0.1) is 13.0 Å². The lowest BCUT2D eigenvalue weighted by atomic mass is 10.4. The molecule has 0 aliphatic heterocycles. The summed E-state index contributed by atoms with van der Waals surface area (Å²) in [5, 5.41) is 10.5. The number of carbonyl (C=O) groups excluding carboxylic acids is 2. The van der Waals surface area contributed by atoms with E-state index in [0.717, 1.165) is 0 Å². The molecule has 0 heterocycles. The van der Waals surface area contributed by atoms with Crippen LogP contribution in [-0.2, 0) is 19.1 Å². The lowest BCUT2D eigenvalue weighted by Gasteiger charge is -2.03. The third kappa shape index (κ3) is 7.04. The lowest BCUT2D eigenvalue weighted by molar-refractivity contribution is -0.155. The number of carboxylic acids is 1. The molecule has 0 aromatic carbocycles. The third-order valence-corrected chi connectivity index (χ3v) is 1.19. The van der Waals surface area contributed by atoms with Crippen molar-refractivity contribution < 1.29 is 24.2 Å². The Morgan fingerprint density at radius 2 is 2.00 bits per heavy atom. The van der Waals surface area contributed by atoms with E-state index in [-0.39, 0.29) is 25.4 Å². The lowest BCUT2D eigenvalue weighted by Crippen LogP contribution is -2.32. The molecule has 7 nitrogen and oxygen atoms in total. The second-order valence-electron chi connectivity index (χ2n) is 2.36. The Morgan fingerprint density at radius 1 is 1.36 bits per heavy atom. The van der Waals surface area contributed by atoms with Crippen molar-refractivity contribution >= 4 is 17.8 Å². The van der Waals surface area contributed by atoms with Gasteiger partial charge in [-0.1, -0.05) is 0 Å². The van der Waals surface area contributed by atoms with Crippen LogP contribution in [0, 0.1) is 0 Å². The first-order chi connectivity index (χ1) is 6.56. The van der Waals surface area contributed by atoms with Gasteiger partial charge in [-0.05, 0) is 0 Å². The SMILES string of the molecule is NCC(=O)NCCC(=O)OCC(=O)O. The number of amides is 1. The second-order valence-corrected chi connectivity index (χ2v) is 2.36. The molecule has 0 aromatic heterocycles. The second kappa shape index (κ2) is 6.84. The van der Waals surface area contributed by atoms with Crippen molar-refractivity contribution in [2.45, 2.75) is 6.42 Å². The standard InChI is InChI=1S/C7H12N2O5/c8-3-5(10)9-2-1-7(13)14-4-6(11)12/h1-4,8H2,(H,9,10)(H,11,12). The largest absolute Gasteiger partial charge is 0.479 e. The molecule has 0 aromatic rings. The van der Waals surface area contributed by atoms with Crippen LogP contribution < -0.4 is 11.1 Å². The molecule has 7 heteroatoms. The highest BCUT2D eigenvalue weighted by atomic mass is 16.5. The Labute approximate surface area is 80.2 Å². The zero-order valence-corrected chi connectivity index (χ0v) is 7.49. The molecule has 0 saturated carbocycles. The zero-order chi connectivity index (χ0) is 11.0. The number of esters is 1. The number of carbonyl (C=O) groups is 3. The van der Waals surface area contributed by atoms with Gasteiger partial charge in [0.15, 0.2) is 6.61 Å². The Hall–Kier alpha value is -1.63. The van der Waals surface area contributed by atoms with Gasteiger partial charge in [-0.3, -0.25) is 9.59 Å². The van der Waals surface area contributed by atoms with Crippen molar-refractivity contribution in [2.75, 3.05) is 19.7 Å². The molecule has 0 aliphatic carbocycles. The monoisotopic (exact) mass is 204 g/mol. The average molecular weight is 204 g/mol. The van der Waals surface area contributed by atoms with Crippen LogP contribution in [0.1, 0.15) is 6.42 Å². The maximum atomic E-state index is 10.7. The Bertz CT molecular complexity index is 228. The summed E-state index contributed by atoms with van der Waals surface area (Å²) >= 11 is 0. The summed E-state index contributed by atoms with van der Waals surface area (Å²) in [6.45, 7) is -0.720. The normalized spacial score (nSPS) is 9.21. The number of rotatable bonds is 6. The quantitative estimate of drug-likeness (QED) is 0.434. The summed E-state index contributed by atoms with van der Waals surface area (Å²) in [6, 6.07) is 0. The fourth-order valence-electron chi connectivity index (χ4n) is 0.591. The van der Waals surface area contributed by atoms with Gasteiger partial charge in [-0.15, -0.1) is 0 Å². The first-order valence-electron chi connectivity index (χ1n) is 3.90. The summed E-state index contributed by atoms with van der Waals surface area (Å²) in [5.41, 5.74) is 4.98. The van der Waals surface area contributed by atoms with Crippen molar-refractivity contribution in [3.63, 3.8) is 0 Å². The summed E-state index contributed by atoms with van der Waals surface area (Å²) in [6.07, 6.45) is -0.0704. The van der Waals surface area contributed by atoms with Crippen molar-refractivity contribution in [1.82, 2.24) is 5.32 Å². The van der Waals surface area contributed by atoms with Gasteiger partial charge in [-0.25, -0.2) is 4.79 Å². The fourth-order valence-corrected chi connectivity index (χ4v) is 0.591. The highest BCUT2D eigenvalue weighted by Crippen LogP contribution is 1.84. The molecule has 0 unspecified atom stereocenters. The Kier molecular flexibility index (Phi) is 6.04. The summed E-state index contributed by atoms with van der Waals surface area (Å²) in [5.74, 6) is -2.27. The summed E-state index contributed by atoms with van der Waals surface area (Å²) in [7, 11) is 0. The third-order valence-electron chi connectivity index (χ3n) is 1.19. The fraction of sp³-hybridized carbons (Fsp3) is 0.571. The van der Waals surface area contributed by atoms with Gasteiger partial charge in [0.2, 0.25) is 5.91 Å². The van der Waals surface area contributed by atoms with Crippen LogP contribution in [0.5, 0.6) is 0 Å². The molecule has 0 atom stereocenters. The molecule has 14 heavy (non-hydrogen) atoms. The predicted molar refractivity (Wildman–Crippen MR) is 45.3 cm³/mol. The Balaban J connectivity index is 3.45. The molecule has 4 N–H and O–H groups in total. The summed E-state index contributed by atoms with van der Waals surface area (Å²) in [4.78, 5) is 31.3. The predicted octanol–water partition coefficient (Wildman–Crippen LogP) is -1.92.